The van der Waals surface area contributed by atoms with E-state index in [9.17, 15) is 18.0 Å². The lowest BCUT2D eigenvalue weighted by Gasteiger charge is -2.24. The Balaban J connectivity index is 2.37. The predicted octanol–water partition coefficient (Wildman–Crippen LogP) is 0.128. The van der Waals surface area contributed by atoms with Crippen LogP contribution in [0.1, 0.15) is 51.3 Å². The van der Waals surface area contributed by atoms with Crippen LogP contribution in [-0.4, -0.2) is 59.8 Å². The molecule has 0 aliphatic rings. The summed E-state index contributed by atoms with van der Waals surface area (Å²) in [5, 5.41) is 0. The smallest absolute Gasteiger partial charge is 0.344 e. The lowest BCUT2D eigenvalue weighted by atomic mass is 9.85. The van der Waals surface area contributed by atoms with Crippen molar-refractivity contribution in [3.63, 3.8) is 0 Å². The highest BCUT2D eigenvalue weighted by Gasteiger charge is 2.31. The van der Waals surface area contributed by atoms with Gasteiger partial charge in [-0.2, -0.15) is 8.42 Å². The molecule has 0 radical (unpaired) electrons. The summed E-state index contributed by atoms with van der Waals surface area (Å²) in [6, 6.07) is 10.0. The number of carbonyl (C=O) groups excluding carboxylic acids is 2. The normalized spacial score (nSPS) is 11.7. The van der Waals surface area contributed by atoms with Crippen molar-refractivity contribution >= 4 is 45.6 Å². The Kier molecular flexibility index (Phi) is 8.37. The number of hydrogen-bond donors (Lipinski definition) is 1. The lowest BCUT2D eigenvalue weighted by Crippen LogP contribution is -2.36. The van der Waals surface area contributed by atoms with E-state index in [1.165, 1.54) is 26.0 Å². The fraction of sp³-hybridized carbons (Fsp3) is 0.333. The van der Waals surface area contributed by atoms with Gasteiger partial charge in [-0.05, 0) is 37.1 Å². The first kappa shape index (κ1) is 25.7. The molecule has 0 heterocycles. The molecule has 0 fully saturated rings. The van der Waals surface area contributed by atoms with Gasteiger partial charge in [0.15, 0.2) is 0 Å². The summed E-state index contributed by atoms with van der Waals surface area (Å²) in [5.41, 5.74) is 1.42. The molecule has 0 spiro atoms. The number of rotatable bonds is 9. The van der Waals surface area contributed by atoms with Crippen LogP contribution in [0.3, 0.4) is 0 Å². The summed E-state index contributed by atoms with van der Waals surface area (Å²) in [5.74, 6) is -1.88. The highest BCUT2D eigenvalue weighted by Crippen LogP contribution is 2.28. The van der Waals surface area contributed by atoms with Gasteiger partial charge in [0.2, 0.25) is 0 Å². The van der Waals surface area contributed by atoms with Gasteiger partial charge in [0.1, 0.15) is 40.6 Å². The second-order valence-corrected chi connectivity index (χ2v) is 9.57. The molecule has 168 valence electrons. The molecule has 0 aliphatic heterocycles. The minimum absolute atomic E-state index is 0.00355. The summed E-state index contributed by atoms with van der Waals surface area (Å²) in [6.07, 6.45) is 2.22. The summed E-state index contributed by atoms with van der Waals surface area (Å²) >= 11 is 0. The molecule has 0 unspecified atom stereocenters. The predicted molar refractivity (Wildman–Crippen MR) is 130 cm³/mol. The van der Waals surface area contributed by atoms with Gasteiger partial charge in [0.25, 0.3) is 10.1 Å². The van der Waals surface area contributed by atoms with Crippen molar-refractivity contribution in [3.8, 4) is 5.75 Å². The minimum Gasteiger partial charge on any atom is -0.455 e. The molecule has 2 aromatic carbocycles. The van der Waals surface area contributed by atoms with Crippen LogP contribution in [0.15, 0.2) is 36.4 Å². The van der Waals surface area contributed by atoms with E-state index in [4.69, 9.17) is 14.0 Å². The van der Waals surface area contributed by atoms with Crippen LogP contribution in [0.25, 0.3) is 0 Å². The van der Waals surface area contributed by atoms with Gasteiger partial charge in [-0.3, -0.25) is 4.55 Å². The van der Waals surface area contributed by atoms with E-state index in [1.807, 2.05) is 27.8 Å². The van der Waals surface area contributed by atoms with Crippen molar-refractivity contribution < 1.29 is 32.0 Å². The first-order valence-electron chi connectivity index (χ1n) is 10.5. The molecule has 0 amide bonds. The van der Waals surface area contributed by atoms with Crippen molar-refractivity contribution in [1.29, 1.82) is 0 Å². The minimum atomic E-state index is -4.37. The standard InChI is InChI=1S/C21H27B3O7S/c1-21(2,12-32(27,28)29)31-20(26)17-6-4-3-5-16(17)19(25)30-18-14(10-23)7-13(9-22)8-15(18)11-24/h3-8H,9-12,22-24H2,1-2H3,(H,27,28,29). The Morgan fingerprint density at radius 2 is 1.44 bits per heavy atom. The Morgan fingerprint density at radius 1 is 0.938 bits per heavy atom. The molecule has 2 aromatic rings. The third-order valence-corrected chi connectivity index (χ3v) is 5.99. The van der Waals surface area contributed by atoms with Gasteiger partial charge >= 0.3 is 11.9 Å². The number of hydrogen-bond acceptors (Lipinski definition) is 6. The molecule has 0 bridgehead atoms. The van der Waals surface area contributed by atoms with Crippen molar-refractivity contribution in [3.05, 3.63) is 64.2 Å². The van der Waals surface area contributed by atoms with Gasteiger partial charge < -0.3 is 9.47 Å². The molecule has 0 atom stereocenters. The average molecular weight is 456 g/mol. The maximum absolute atomic E-state index is 13.1. The fourth-order valence-corrected chi connectivity index (χ4v) is 4.39. The van der Waals surface area contributed by atoms with Gasteiger partial charge in [-0.15, -0.1) is 0 Å². The third kappa shape index (κ3) is 6.74. The zero-order valence-electron chi connectivity index (χ0n) is 19.1. The Labute approximate surface area is 191 Å². The summed E-state index contributed by atoms with van der Waals surface area (Å²) in [7, 11) is 1.65. The van der Waals surface area contributed by atoms with E-state index in [-0.39, 0.29) is 11.1 Å². The van der Waals surface area contributed by atoms with E-state index in [0.717, 1.165) is 23.0 Å². The lowest BCUT2D eigenvalue weighted by molar-refractivity contribution is 0.00751. The maximum Gasteiger partial charge on any atom is 0.344 e. The Morgan fingerprint density at radius 3 is 1.88 bits per heavy atom. The van der Waals surface area contributed by atoms with E-state index in [0.29, 0.717) is 18.4 Å². The molecule has 0 saturated carbocycles. The third-order valence-electron chi connectivity index (χ3n) is 4.93. The van der Waals surface area contributed by atoms with E-state index in [1.54, 1.807) is 12.1 Å². The van der Waals surface area contributed by atoms with Crippen molar-refractivity contribution in [2.75, 3.05) is 5.75 Å². The van der Waals surface area contributed by atoms with Crippen molar-refractivity contribution in [2.45, 2.75) is 38.4 Å². The SMILES string of the molecule is BCc1cc(CB)c(OC(=O)c2ccccc2C(=O)OC(C)(C)CS(=O)(=O)O)c(CB)c1. The van der Waals surface area contributed by atoms with Crippen LogP contribution in [0.2, 0.25) is 0 Å². The van der Waals surface area contributed by atoms with E-state index in [2.05, 4.69) is 7.85 Å². The van der Waals surface area contributed by atoms with Gasteiger partial charge in [0.05, 0.1) is 11.1 Å². The second kappa shape index (κ2) is 10.4. The van der Waals surface area contributed by atoms with Crippen LogP contribution >= 0.6 is 0 Å². The van der Waals surface area contributed by atoms with Gasteiger partial charge in [-0.1, -0.05) is 48.8 Å². The van der Waals surface area contributed by atoms with Crippen LogP contribution in [0.4, 0.5) is 0 Å². The number of benzene rings is 2. The number of carbonyl (C=O) groups is 2. The topological polar surface area (TPSA) is 107 Å². The number of esters is 2. The molecule has 32 heavy (non-hydrogen) atoms. The fourth-order valence-electron chi connectivity index (χ4n) is 3.45. The maximum atomic E-state index is 13.1. The molecule has 0 aliphatic carbocycles. The summed E-state index contributed by atoms with van der Waals surface area (Å²) in [4.78, 5) is 25.8. The molecule has 7 nitrogen and oxygen atoms in total. The highest BCUT2D eigenvalue weighted by molar-refractivity contribution is 7.85. The van der Waals surface area contributed by atoms with E-state index < -0.39 is 33.4 Å². The molecular formula is C21H27B3O7S. The highest BCUT2D eigenvalue weighted by atomic mass is 32.2. The average Bonchev–Trinajstić information content (AvgIpc) is 2.71. The van der Waals surface area contributed by atoms with Gasteiger partial charge in [-0.25, -0.2) is 9.59 Å². The van der Waals surface area contributed by atoms with Crippen molar-refractivity contribution in [2.24, 2.45) is 0 Å². The van der Waals surface area contributed by atoms with Gasteiger partial charge in [0, 0.05) is 0 Å². The van der Waals surface area contributed by atoms with Crippen molar-refractivity contribution in [1.82, 2.24) is 0 Å². The largest absolute Gasteiger partial charge is 0.455 e. The monoisotopic (exact) mass is 456 g/mol. The zero-order chi connectivity index (χ0) is 24.1. The first-order chi connectivity index (χ1) is 14.9. The van der Waals surface area contributed by atoms with Crippen LogP contribution < -0.4 is 4.74 Å². The molecule has 11 heteroatoms. The number of ether oxygens (including phenoxy) is 2. The van der Waals surface area contributed by atoms with Crippen LogP contribution in [-0.2, 0) is 33.8 Å². The van der Waals surface area contributed by atoms with Crippen LogP contribution in [0, 0.1) is 0 Å². The second-order valence-electron chi connectivity index (χ2n) is 8.11. The quantitative estimate of drug-likeness (QED) is 0.248. The zero-order valence-corrected chi connectivity index (χ0v) is 19.9. The first-order valence-corrected chi connectivity index (χ1v) is 12.2. The summed E-state index contributed by atoms with van der Waals surface area (Å²) in [6.45, 7) is 2.71. The molecular weight excluding hydrogens is 429 g/mol. The Hall–Kier alpha value is -2.52. The molecule has 0 aromatic heterocycles. The van der Waals surface area contributed by atoms with E-state index >= 15 is 0 Å². The Bertz CT molecular complexity index is 1090. The molecule has 0 saturated heterocycles. The van der Waals surface area contributed by atoms with Crippen LogP contribution in [0.5, 0.6) is 5.75 Å². The molecule has 1 N–H and O–H groups in total. The molecule has 2 rings (SSSR count). The summed E-state index contributed by atoms with van der Waals surface area (Å²) < 4.78 is 42.5.